The van der Waals surface area contributed by atoms with E-state index in [1.54, 1.807) is 12.4 Å². The van der Waals surface area contributed by atoms with Gasteiger partial charge in [-0.15, -0.1) is 0 Å². The van der Waals surface area contributed by atoms with Gasteiger partial charge in [-0.3, -0.25) is 9.88 Å². The van der Waals surface area contributed by atoms with Gasteiger partial charge in [0.2, 0.25) is 0 Å². The second-order valence-corrected chi connectivity index (χ2v) is 7.19. The molecule has 2 atom stereocenters. The number of hydrogen-bond donors (Lipinski definition) is 3. The normalized spacial score (nSPS) is 18.1. The predicted octanol–water partition coefficient (Wildman–Crippen LogP) is 3.67. The summed E-state index contributed by atoms with van der Waals surface area (Å²) in [5, 5.41) is 24.5. The van der Waals surface area contributed by atoms with E-state index < -0.39 is 24.3 Å². The molecule has 0 radical (unpaired) electrons. The van der Waals surface area contributed by atoms with Gasteiger partial charge >= 0.3 is 24.3 Å². The van der Waals surface area contributed by atoms with Crippen molar-refractivity contribution in [3.63, 3.8) is 0 Å². The molecule has 1 aromatic carbocycles. The van der Waals surface area contributed by atoms with Crippen LogP contribution in [0.15, 0.2) is 48.8 Å². The van der Waals surface area contributed by atoms with Crippen molar-refractivity contribution >= 4 is 11.9 Å². The van der Waals surface area contributed by atoms with Crippen LogP contribution in [-0.2, 0) is 22.6 Å². The van der Waals surface area contributed by atoms with Gasteiger partial charge in [0.15, 0.2) is 0 Å². The lowest BCUT2D eigenvalue weighted by atomic mass is 10.0. The molecule has 14 heteroatoms. The summed E-state index contributed by atoms with van der Waals surface area (Å²) >= 11 is 0. The van der Waals surface area contributed by atoms with E-state index in [0.717, 1.165) is 31.5 Å². The van der Waals surface area contributed by atoms with Crippen LogP contribution >= 0.6 is 0 Å². The molecular weight excluding hydrogens is 493 g/mol. The van der Waals surface area contributed by atoms with E-state index in [2.05, 4.69) is 9.88 Å². The van der Waals surface area contributed by atoms with E-state index in [1.165, 1.54) is 17.7 Å². The third-order valence-corrected chi connectivity index (χ3v) is 4.60. The van der Waals surface area contributed by atoms with Gasteiger partial charge < -0.3 is 15.3 Å². The predicted molar refractivity (Wildman–Crippen MR) is 107 cm³/mol. The summed E-state index contributed by atoms with van der Waals surface area (Å²) in [5.74, 6) is -5.73. The van der Waals surface area contributed by atoms with Crippen molar-refractivity contribution in [2.45, 2.75) is 43.9 Å². The zero-order valence-electron chi connectivity index (χ0n) is 17.8. The minimum absolute atomic E-state index is 0.109. The molecule has 0 spiro atoms. The molecule has 3 N–H and O–H groups in total. The molecule has 1 aliphatic rings. The van der Waals surface area contributed by atoms with Crippen LogP contribution in [0.3, 0.4) is 0 Å². The van der Waals surface area contributed by atoms with Crippen LogP contribution in [0.5, 0.6) is 0 Å². The maximum absolute atomic E-state index is 13.0. The van der Waals surface area contributed by atoms with Crippen molar-refractivity contribution in [2.24, 2.45) is 0 Å². The lowest BCUT2D eigenvalue weighted by Crippen LogP contribution is -2.36. The number of carboxylic acid groups (broad SMARTS) is 2. The fourth-order valence-corrected chi connectivity index (χ4v) is 2.95. The average Bonchev–Trinajstić information content (AvgIpc) is 3.09. The van der Waals surface area contributed by atoms with Gasteiger partial charge in [0, 0.05) is 31.5 Å². The Labute approximate surface area is 194 Å². The van der Waals surface area contributed by atoms with Crippen molar-refractivity contribution in [3.05, 3.63) is 65.7 Å². The Kier molecular flexibility index (Phi) is 11.1. The number of hydrogen-bond acceptors (Lipinski definition) is 5. The first-order valence-electron chi connectivity index (χ1n) is 9.77. The molecule has 1 aliphatic heterocycles. The third-order valence-electron chi connectivity index (χ3n) is 4.60. The monoisotopic (exact) mass is 514 g/mol. The number of carboxylic acids is 2. The zero-order valence-corrected chi connectivity index (χ0v) is 17.8. The van der Waals surface area contributed by atoms with Crippen molar-refractivity contribution in [1.82, 2.24) is 9.88 Å². The van der Waals surface area contributed by atoms with E-state index in [0.29, 0.717) is 0 Å². The highest BCUT2D eigenvalue weighted by Gasteiger charge is 2.39. The van der Waals surface area contributed by atoms with Crippen LogP contribution in [0.1, 0.15) is 17.5 Å². The first-order chi connectivity index (χ1) is 16.1. The molecule has 0 aliphatic carbocycles. The van der Waals surface area contributed by atoms with Crippen LogP contribution in [0, 0.1) is 5.82 Å². The summed E-state index contributed by atoms with van der Waals surface area (Å²) < 4.78 is 76.4. The van der Waals surface area contributed by atoms with Gasteiger partial charge in [0.1, 0.15) is 5.82 Å². The van der Waals surface area contributed by atoms with Crippen molar-refractivity contribution in [2.75, 3.05) is 6.54 Å². The quantitative estimate of drug-likeness (QED) is 0.534. The number of pyridine rings is 1. The summed E-state index contributed by atoms with van der Waals surface area (Å²) in [4.78, 5) is 24.1. The van der Waals surface area contributed by atoms with Gasteiger partial charge in [-0.25, -0.2) is 14.0 Å². The number of aliphatic hydroxyl groups is 1. The number of alkyl halides is 6. The van der Waals surface area contributed by atoms with E-state index in [-0.39, 0.29) is 18.0 Å². The molecule has 3 rings (SSSR count). The number of aromatic nitrogens is 1. The minimum atomic E-state index is -5.08. The fourth-order valence-electron chi connectivity index (χ4n) is 2.95. The summed E-state index contributed by atoms with van der Waals surface area (Å²) in [6.07, 6.45) is -5.32. The molecule has 35 heavy (non-hydrogen) atoms. The lowest BCUT2D eigenvalue weighted by molar-refractivity contribution is -0.193. The zero-order chi connectivity index (χ0) is 26.8. The summed E-state index contributed by atoms with van der Waals surface area (Å²) in [5.41, 5.74) is 2.25. The standard InChI is InChI=1S/C17H19FN2O.2C2HF3O2/c18-15-3-1-14(2-4-15)12-20-10-7-17(21)16(20)11-13-5-8-19-9-6-13;2*3-2(4,5)1(6)7/h1-6,8-9,16-17,21H,7,10-12H2;2*(H,6,7)/t16-,17-;;/m0../s1. The Morgan fingerprint density at radius 1 is 0.886 bits per heavy atom. The van der Waals surface area contributed by atoms with Crippen molar-refractivity contribution in [3.8, 4) is 0 Å². The first kappa shape index (κ1) is 29.8. The molecule has 194 valence electrons. The first-order valence-corrected chi connectivity index (χ1v) is 9.77. The van der Waals surface area contributed by atoms with E-state index >= 15 is 0 Å². The Bertz CT molecular complexity index is 914. The molecule has 7 nitrogen and oxygen atoms in total. The molecule has 0 bridgehead atoms. The molecule has 0 saturated carbocycles. The maximum atomic E-state index is 13.0. The largest absolute Gasteiger partial charge is 0.490 e. The number of halogens is 7. The Morgan fingerprint density at radius 3 is 1.77 bits per heavy atom. The highest BCUT2D eigenvalue weighted by molar-refractivity contribution is 5.73. The van der Waals surface area contributed by atoms with Crippen LogP contribution in [0.4, 0.5) is 30.7 Å². The Morgan fingerprint density at radius 2 is 1.34 bits per heavy atom. The SMILES string of the molecule is O=C(O)C(F)(F)F.O=C(O)C(F)(F)F.O[C@H]1CCN(Cc2ccc(F)cc2)[C@H]1Cc1ccncc1. The number of carbonyl (C=O) groups is 2. The minimum Gasteiger partial charge on any atom is -0.475 e. The number of nitrogens with zero attached hydrogens (tertiary/aromatic N) is 2. The number of aliphatic hydroxyl groups excluding tert-OH is 1. The summed E-state index contributed by atoms with van der Waals surface area (Å²) in [7, 11) is 0. The molecular formula is C21H21F7N2O5. The van der Waals surface area contributed by atoms with Gasteiger partial charge in [0.05, 0.1) is 6.10 Å². The highest BCUT2D eigenvalue weighted by Crippen LogP contribution is 2.24. The maximum Gasteiger partial charge on any atom is 0.490 e. The number of rotatable bonds is 4. The summed E-state index contributed by atoms with van der Waals surface area (Å²) in [6.45, 7) is 1.61. The fraction of sp³-hybridized carbons (Fsp3) is 0.381. The molecule has 0 amide bonds. The van der Waals surface area contributed by atoms with Crippen LogP contribution in [0.2, 0.25) is 0 Å². The van der Waals surface area contributed by atoms with E-state index in [1.807, 2.05) is 24.3 Å². The molecule has 1 fully saturated rings. The van der Waals surface area contributed by atoms with Crippen molar-refractivity contribution in [1.29, 1.82) is 0 Å². The third kappa shape index (κ3) is 11.1. The van der Waals surface area contributed by atoms with Crippen LogP contribution < -0.4 is 0 Å². The summed E-state index contributed by atoms with van der Waals surface area (Å²) in [6, 6.07) is 10.7. The highest BCUT2D eigenvalue weighted by atomic mass is 19.4. The second-order valence-electron chi connectivity index (χ2n) is 7.19. The average molecular weight is 514 g/mol. The van der Waals surface area contributed by atoms with E-state index in [9.17, 15) is 35.8 Å². The van der Waals surface area contributed by atoms with Crippen LogP contribution in [-0.4, -0.2) is 68.2 Å². The molecule has 2 aromatic rings. The van der Waals surface area contributed by atoms with Gasteiger partial charge in [-0.05, 0) is 48.2 Å². The lowest BCUT2D eigenvalue weighted by Gasteiger charge is -2.26. The smallest absolute Gasteiger partial charge is 0.475 e. The van der Waals surface area contributed by atoms with Crippen molar-refractivity contribution < 1.29 is 55.6 Å². The number of benzene rings is 1. The Hall–Kier alpha value is -3.26. The Balaban J connectivity index is 0.000000362. The topological polar surface area (TPSA) is 111 Å². The molecule has 1 saturated heterocycles. The number of likely N-dealkylation sites (tertiary alicyclic amines) is 1. The van der Waals surface area contributed by atoms with Crippen LogP contribution in [0.25, 0.3) is 0 Å². The molecule has 0 unspecified atom stereocenters. The second kappa shape index (κ2) is 13.0. The van der Waals surface area contributed by atoms with Gasteiger partial charge in [-0.1, -0.05) is 12.1 Å². The number of aliphatic carboxylic acids is 2. The van der Waals surface area contributed by atoms with E-state index in [4.69, 9.17) is 19.8 Å². The van der Waals surface area contributed by atoms with Gasteiger partial charge in [-0.2, -0.15) is 26.3 Å². The molecule has 1 aromatic heterocycles. The van der Waals surface area contributed by atoms with Gasteiger partial charge in [0.25, 0.3) is 0 Å². The molecule has 2 heterocycles.